The van der Waals surface area contributed by atoms with Crippen molar-refractivity contribution in [3.63, 3.8) is 0 Å². The van der Waals surface area contributed by atoms with E-state index in [1.807, 2.05) is 30.3 Å². The lowest BCUT2D eigenvalue weighted by Gasteiger charge is -2.29. The van der Waals surface area contributed by atoms with Crippen molar-refractivity contribution in [2.75, 3.05) is 6.54 Å². The highest BCUT2D eigenvalue weighted by atomic mass is 79.9. The van der Waals surface area contributed by atoms with Gasteiger partial charge in [-0.2, -0.15) is 0 Å². The molecular weight excluding hydrogens is 349 g/mol. The number of fused-ring (bicyclic) bond motifs is 1. The molecule has 2 aromatic rings. The van der Waals surface area contributed by atoms with Gasteiger partial charge in [0.15, 0.2) is 0 Å². The van der Waals surface area contributed by atoms with Crippen LogP contribution in [0, 0.1) is 5.82 Å². The monoisotopic (exact) mass is 363 g/mol. The first-order valence-corrected chi connectivity index (χ1v) is 7.86. The third-order valence-corrected chi connectivity index (χ3v) is 4.50. The maximum absolute atomic E-state index is 13.8. The van der Waals surface area contributed by atoms with Gasteiger partial charge in [-0.3, -0.25) is 0 Å². The van der Waals surface area contributed by atoms with Crippen molar-refractivity contribution in [3.05, 3.63) is 69.4 Å². The summed E-state index contributed by atoms with van der Waals surface area (Å²) >= 11 is 3.42. The molecule has 1 amide bonds. The molecule has 1 aliphatic heterocycles. The van der Waals surface area contributed by atoms with E-state index in [0.29, 0.717) is 25.1 Å². The first-order valence-electron chi connectivity index (χ1n) is 7.06. The van der Waals surface area contributed by atoms with Gasteiger partial charge < -0.3 is 9.64 Å². The Morgan fingerprint density at radius 1 is 1.18 bits per heavy atom. The van der Waals surface area contributed by atoms with Crippen LogP contribution in [0.5, 0.6) is 0 Å². The molecule has 114 valence electrons. The Kier molecular flexibility index (Phi) is 4.43. The van der Waals surface area contributed by atoms with E-state index < -0.39 is 0 Å². The number of amides is 1. The van der Waals surface area contributed by atoms with Crippen molar-refractivity contribution >= 4 is 22.0 Å². The summed E-state index contributed by atoms with van der Waals surface area (Å²) in [5.41, 5.74) is 2.45. The van der Waals surface area contributed by atoms with E-state index in [1.54, 1.807) is 11.0 Å². The Balaban J connectivity index is 1.67. The van der Waals surface area contributed by atoms with Gasteiger partial charge >= 0.3 is 6.09 Å². The lowest BCUT2D eigenvalue weighted by atomic mass is 9.99. The molecule has 0 N–H and O–H groups in total. The standard InChI is InChI=1S/C17H15BrFNO2/c18-15-6-7-16(19)13-8-9-20(10-14(13)15)17(21)22-11-12-4-2-1-3-5-12/h1-7H,8-11H2. The zero-order valence-corrected chi connectivity index (χ0v) is 13.5. The molecular formula is C17H15BrFNO2. The molecule has 5 heteroatoms. The zero-order chi connectivity index (χ0) is 15.5. The van der Waals surface area contributed by atoms with E-state index in [4.69, 9.17) is 4.74 Å². The fourth-order valence-electron chi connectivity index (χ4n) is 2.56. The number of benzene rings is 2. The normalized spacial score (nSPS) is 13.6. The second-order valence-electron chi connectivity index (χ2n) is 5.20. The predicted molar refractivity (Wildman–Crippen MR) is 84.8 cm³/mol. The Morgan fingerprint density at radius 3 is 2.73 bits per heavy atom. The molecule has 0 aromatic heterocycles. The molecule has 0 aliphatic carbocycles. The van der Waals surface area contributed by atoms with Crippen LogP contribution >= 0.6 is 15.9 Å². The average molecular weight is 364 g/mol. The molecule has 0 radical (unpaired) electrons. The Labute approximate surface area is 136 Å². The SMILES string of the molecule is O=C(OCc1ccccc1)N1CCc2c(F)ccc(Br)c2C1. The number of halogens is 2. The molecule has 1 heterocycles. The van der Waals surface area contributed by atoms with E-state index >= 15 is 0 Å². The first kappa shape index (κ1) is 15.0. The summed E-state index contributed by atoms with van der Waals surface area (Å²) in [7, 11) is 0. The van der Waals surface area contributed by atoms with Crippen LogP contribution in [0.1, 0.15) is 16.7 Å². The molecule has 22 heavy (non-hydrogen) atoms. The van der Waals surface area contributed by atoms with Crippen molar-refractivity contribution < 1.29 is 13.9 Å². The second-order valence-corrected chi connectivity index (χ2v) is 6.05. The zero-order valence-electron chi connectivity index (χ0n) is 11.9. The minimum Gasteiger partial charge on any atom is -0.445 e. The molecule has 0 saturated carbocycles. The van der Waals surface area contributed by atoms with Crippen LogP contribution in [-0.2, 0) is 24.3 Å². The number of nitrogens with zero attached hydrogens (tertiary/aromatic N) is 1. The molecule has 3 nitrogen and oxygen atoms in total. The molecule has 0 saturated heterocycles. The highest BCUT2D eigenvalue weighted by Crippen LogP contribution is 2.29. The van der Waals surface area contributed by atoms with Crippen LogP contribution in [-0.4, -0.2) is 17.5 Å². The number of carbonyl (C=O) groups excluding carboxylic acids is 1. The summed E-state index contributed by atoms with van der Waals surface area (Å²) < 4.78 is 19.9. The van der Waals surface area contributed by atoms with Gasteiger partial charge in [-0.25, -0.2) is 9.18 Å². The smallest absolute Gasteiger partial charge is 0.410 e. The van der Waals surface area contributed by atoms with Crippen molar-refractivity contribution in [1.29, 1.82) is 0 Å². The quantitative estimate of drug-likeness (QED) is 0.796. The maximum atomic E-state index is 13.8. The fraction of sp³-hybridized carbons (Fsp3) is 0.235. The van der Waals surface area contributed by atoms with Gasteiger partial charge in [0.2, 0.25) is 0 Å². The molecule has 0 atom stereocenters. The highest BCUT2D eigenvalue weighted by Gasteiger charge is 2.25. The summed E-state index contributed by atoms with van der Waals surface area (Å²) in [5.74, 6) is -0.212. The van der Waals surface area contributed by atoms with Gasteiger partial charge in [0.1, 0.15) is 12.4 Å². The molecule has 0 bridgehead atoms. The average Bonchev–Trinajstić information content (AvgIpc) is 2.57. The lowest BCUT2D eigenvalue weighted by molar-refractivity contribution is 0.0915. The van der Waals surface area contributed by atoms with Crippen molar-refractivity contribution in [2.45, 2.75) is 19.6 Å². The minimum absolute atomic E-state index is 0.212. The van der Waals surface area contributed by atoms with E-state index in [0.717, 1.165) is 15.6 Å². The summed E-state index contributed by atoms with van der Waals surface area (Å²) in [6, 6.07) is 12.7. The van der Waals surface area contributed by atoms with E-state index in [9.17, 15) is 9.18 Å². The van der Waals surface area contributed by atoms with E-state index in [2.05, 4.69) is 15.9 Å². The first-order chi connectivity index (χ1) is 10.6. The van der Waals surface area contributed by atoms with Crippen LogP contribution in [0.2, 0.25) is 0 Å². The van der Waals surface area contributed by atoms with Gasteiger partial charge in [0.25, 0.3) is 0 Å². The number of hydrogen-bond acceptors (Lipinski definition) is 2. The van der Waals surface area contributed by atoms with Gasteiger partial charge in [-0.1, -0.05) is 46.3 Å². The van der Waals surface area contributed by atoms with Crippen molar-refractivity contribution in [1.82, 2.24) is 4.90 Å². The second kappa shape index (κ2) is 6.48. The highest BCUT2D eigenvalue weighted by molar-refractivity contribution is 9.10. The Bertz CT molecular complexity index is 691. The maximum Gasteiger partial charge on any atom is 0.410 e. The van der Waals surface area contributed by atoms with Crippen LogP contribution in [0.4, 0.5) is 9.18 Å². The molecule has 0 fully saturated rings. The van der Waals surface area contributed by atoms with Crippen LogP contribution in [0.25, 0.3) is 0 Å². The Morgan fingerprint density at radius 2 is 1.95 bits per heavy atom. The topological polar surface area (TPSA) is 29.5 Å². The number of rotatable bonds is 2. The molecule has 0 spiro atoms. The number of hydrogen-bond donors (Lipinski definition) is 0. The third kappa shape index (κ3) is 3.14. The van der Waals surface area contributed by atoms with Crippen LogP contribution in [0.3, 0.4) is 0 Å². The molecule has 0 unspecified atom stereocenters. The summed E-state index contributed by atoms with van der Waals surface area (Å²) in [6.45, 7) is 1.07. The van der Waals surface area contributed by atoms with E-state index in [-0.39, 0.29) is 18.5 Å². The van der Waals surface area contributed by atoms with Gasteiger partial charge in [-0.05, 0) is 35.2 Å². The van der Waals surface area contributed by atoms with E-state index in [1.165, 1.54) is 6.07 Å². The fourth-order valence-corrected chi connectivity index (χ4v) is 3.06. The number of ether oxygens (including phenoxy) is 1. The molecule has 3 rings (SSSR count). The Hall–Kier alpha value is -1.88. The van der Waals surface area contributed by atoms with Gasteiger partial charge in [-0.15, -0.1) is 0 Å². The largest absolute Gasteiger partial charge is 0.445 e. The third-order valence-electron chi connectivity index (χ3n) is 3.76. The summed E-state index contributed by atoms with van der Waals surface area (Å²) in [5, 5.41) is 0. The lowest BCUT2D eigenvalue weighted by Crippen LogP contribution is -2.36. The number of carbonyl (C=O) groups is 1. The van der Waals surface area contributed by atoms with Crippen LogP contribution < -0.4 is 0 Å². The van der Waals surface area contributed by atoms with Gasteiger partial charge in [0.05, 0.1) is 6.54 Å². The molecule has 2 aromatic carbocycles. The van der Waals surface area contributed by atoms with Crippen molar-refractivity contribution in [2.24, 2.45) is 0 Å². The minimum atomic E-state index is -0.370. The summed E-state index contributed by atoms with van der Waals surface area (Å²) in [6.07, 6.45) is 0.131. The van der Waals surface area contributed by atoms with Gasteiger partial charge in [0, 0.05) is 11.0 Å². The van der Waals surface area contributed by atoms with Crippen molar-refractivity contribution in [3.8, 4) is 0 Å². The molecule has 1 aliphatic rings. The summed E-state index contributed by atoms with van der Waals surface area (Å²) in [4.78, 5) is 13.8. The van der Waals surface area contributed by atoms with Crippen LogP contribution in [0.15, 0.2) is 46.9 Å². The predicted octanol–water partition coefficient (Wildman–Crippen LogP) is 4.28.